The van der Waals surface area contributed by atoms with Crippen molar-refractivity contribution in [1.82, 2.24) is 15.4 Å². The van der Waals surface area contributed by atoms with Crippen molar-refractivity contribution in [3.05, 3.63) is 11.9 Å². The van der Waals surface area contributed by atoms with Gasteiger partial charge in [-0.1, -0.05) is 0 Å². The minimum absolute atomic E-state index is 0.390. The van der Waals surface area contributed by atoms with E-state index < -0.39 is 6.10 Å². The Hall–Kier alpha value is -0.900. The smallest absolute Gasteiger partial charge is 0.111 e. The third-order valence-electron chi connectivity index (χ3n) is 1.81. The molecule has 0 amide bonds. The van der Waals surface area contributed by atoms with E-state index in [9.17, 15) is 5.11 Å². The summed E-state index contributed by atoms with van der Waals surface area (Å²) in [6.07, 6.45) is 3.42. The summed E-state index contributed by atoms with van der Waals surface area (Å²) in [4.78, 5) is 0. The van der Waals surface area contributed by atoms with Gasteiger partial charge in [0.25, 0.3) is 0 Å². The van der Waals surface area contributed by atoms with E-state index in [1.165, 1.54) is 0 Å². The molecule has 0 aliphatic heterocycles. The summed E-state index contributed by atoms with van der Waals surface area (Å²) in [5, 5.41) is 19.3. The van der Waals surface area contributed by atoms with Crippen molar-refractivity contribution in [3.8, 4) is 0 Å². The van der Waals surface area contributed by atoms with Crippen LogP contribution in [0.4, 0.5) is 0 Å². The van der Waals surface area contributed by atoms with E-state index in [1.54, 1.807) is 6.20 Å². The summed E-state index contributed by atoms with van der Waals surface area (Å²) < 4.78 is 0. The average molecular weight is 139 g/mol. The lowest BCUT2D eigenvalue weighted by atomic mass is 10.2. The molecule has 0 radical (unpaired) electrons. The van der Waals surface area contributed by atoms with E-state index in [4.69, 9.17) is 0 Å². The number of aromatic amines is 1. The molecule has 0 aromatic carbocycles. The predicted octanol–water partition coefficient (Wildman–Crippen LogP) is 0.248. The minimum Gasteiger partial charge on any atom is -0.386 e. The lowest BCUT2D eigenvalue weighted by Gasteiger charge is -2.01. The van der Waals surface area contributed by atoms with Gasteiger partial charge in [0.15, 0.2) is 0 Å². The first-order valence-electron chi connectivity index (χ1n) is 3.41. The maximum atomic E-state index is 9.43. The highest BCUT2D eigenvalue weighted by molar-refractivity contribution is 5.01. The largest absolute Gasteiger partial charge is 0.386 e. The van der Waals surface area contributed by atoms with E-state index in [0.717, 1.165) is 12.8 Å². The monoisotopic (exact) mass is 139 g/mol. The molecule has 2 rings (SSSR count). The van der Waals surface area contributed by atoms with Gasteiger partial charge in [-0.25, -0.2) is 0 Å². The molecule has 1 fully saturated rings. The zero-order valence-electron chi connectivity index (χ0n) is 5.49. The van der Waals surface area contributed by atoms with Crippen LogP contribution in [0, 0.1) is 5.92 Å². The summed E-state index contributed by atoms with van der Waals surface area (Å²) in [6.45, 7) is 0. The second-order valence-corrected chi connectivity index (χ2v) is 2.68. The van der Waals surface area contributed by atoms with E-state index in [1.807, 2.05) is 0 Å². The van der Waals surface area contributed by atoms with Gasteiger partial charge in [0, 0.05) is 0 Å². The molecule has 1 aromatic rings. The quantitative estimate of drug-likeness (QED) is 0.617. The Bertz CT molecular complexity index is 205. The Labute approximate surface area is 58.3 Å². The molecule has 0 bridgehead atoms. The fourth-order valence-electron chi connectivity index (χ4n) is 1.01. The van der Waals surface area contributed by atoms with Crippen LogP contribution in [0.1, 0.15) is 24.6 Å². The Morgan fingerprint density at radius 3 is 3.00 bits per heavy atom. The van der Waals surface area contributed by atoms with Gasteiger partial charge >= 0.3 is 0 Å². The SMILES string of the molecule is OC(c1cn[nH]n1)C1CC1. The van der Waals surface area contributed by atoms with Gasteiger partial charge in [-0.2, -0.15) is 15.4 Å². The van der Waals surface area contributed by atoms with Gasteiger partial charge in [0.05, 0.1) is 6.20 Å². The Morgan fingerprint density at radius 2 is 2.50 bits per heavy atom. The van der Waals surface area contributed by atoms with Crippen LogP contribution in [-0.2, 0) is 0 Å². The summed E-state index contributed by atoms with van der Waals surface area (Å²) in [5.41, 5.74) is 0.669. The van der Waals surface area contributed by atoms with Crippen LogP contribution in [-0.4, -0.2) is 20.5 Å². The molecule has 4 nitrogen and oxygen atoms in total. The van der Waals surface area contributed by atoms with Crippen LogP contribution in [0.5, 0.6) is 0 Å². The van der Waals surface area contributed by atoms with Gasteiger partial charge in [-0.05, 0) is 18.8 Å². The molecule has 1 heterocycles. The highest BCUT2D eigenvalue weighted by atomic mass is 16.3. The van der Waals surface area contributed by atoms with Crippen molar-refractivity contribution in [1.29, 1.82) is 0 Å². The molecule has 10 heavy (non-hydrogen) atoms. The van der Waals surface area contributed by atoms with Crippen LogP contribution in [0.15, 0.2) is 6.20 Å². The first kappa shape index (κ1) is 5.85. The molecule has 0 saturated heterocycles. The van der Waals surface area contributed by atoms with Crippen molar-refractivity contribution in [2.24, 2.45) is 5.92 Å². The topological polar surface area (TPSA) is 61.8 Å². The molecule has 2 N–H and O–H groups in total. The number of H-pyrrole nitrogens is 1. The normalized spacial score (nSPS) is 20.9. The Kier molecular flexibility index (Phi) is 1.20. The Balaban J connectivity index is 2.11. The highest BCUT2D eigenvalue weighted by Gasteiger charge is 2.32. The van der Waals surface area contributed by atoms with Gasteiger partial charge in [0.2, 0.25) is 0 Å². The second-order valence-electron chi connectivity index (χ2n) is 2.68. The molecule has 1 aliphatic rings. The number of hydrogen-bond acceptors (Lipinski definition) is 3. The molecular formula is C6H9N3O. The van der Waals surface area contributed by atoms with E-state index in [0.29, 0.717) is 11.6 Å². The number of nitrogens with zero attached hydrogens (tertiary/aromatic N) is 2. The first-order chi connectivity index (χ1) is 4.88. The first-order valence-corrected chi connectivity index (χ1v) is 3.41. The van der Waals surface area contributed by atoms with Crippen molar-refractivity contribution in [2.75, 3.05) is 0 Å². The number of aromatic nitrogens is 3. The maximum Gasteiger partial charge on any atom is 0.111 e. The lowest BCUT2D eigenvalue weighted by molar-refractivity contribution is 0.149. The zero-order chi connectivity index (χ0) is 6.97. The number of rotatable bonds is 2. The number of hydrogen-bond donors (Lipinski definition) is 2. The summed E-state index contributed by atoms with van der Waals surface area (Å²) in [5.74, 6) is 0.435. The van der Waals surface area contributed by atoms with Crippen molar-refractivity contribution >= 4 is 0 Å². The number of aliphatic hydroxyl groups excluding tert-OH is 1. The molecule has 1 aromatic heterocycles. The zero-order valence-corrected chi connectivity index (χ0v) is 5.49. The van der Waals surface area contributed by atoms with E-state index >= 15 is 0 Å². The van der Waals surface area contributed by atoms with Gasteiger partial charge in [-0.15, -0.1) is 0 Å². The lowest BCUT2D eigenvalue weighted by Crippen LogP contribution is -1.99. The minimum atomic E-state index is -0.390. The van der Waals surface area contributed by atoms with E-state index in [-0.39, 0.29) is 0 Å². The predicted molar refractivity (Wildman–Crippen MR) is 34.1 cm³/mol. The molecule has 4 heteroatoms. The molecule has 1 unspecified atom stereocenters. The fourth-order valence-corrected chi connectivity index (χ4v) is 1.01. The standard InChI is InChI=1S/C6H9N3O/c10-6(4-1-2-4)5-3-7-9-8-5/h3-4,6,10H,1-2H2,(H,7,8,9). The van der Waals surface area contributed by atoms with Crippen LogP contribution >= 0.6 is 0 Å². The van der Waals surface area contributed by atoms with Crippen LogP contribution in [0.2, 0.25) is 0 Å². The van der Waals surface area contributed by atoms with Crippen molar-refractivity contribution in [3.63, 3.8) is 0 Å². The number of aliphatic hydroxyl groups is 1. The summed E-state index contributed by atoms with van der Waals surface area (Å²) in [7, 11) is 0. The summed E-state index contributed by atoms with van der Waals surface area (Å²) in [6, 6.07) is 0. The van der Waals surface area contributed by atoms with Crippen molar-refractivity contribution < 1.29 is 5.11 Å². The third kappa shape index (κ3) is 0.903. The van der Waals surface area contributed by atoms with Crippen molar-refractivity contribution in [2.45, 2.75) is 18.9 Å². The number of nitrogens with one attached hydrogen (secondary N) is 1. The molecule has 54 valence electrons. The van der Waals surface area contributed by atoms with E-state index in [2.05, 4.69) is 15.4 Å². The molecule has 1 aliphatic carbocycles. The summed E-state index contributed by atoms with van der Waals surface area (Å²) >= 11 is 0. The van der Waals surface area contributed by atoms with Gasteiger partial charge in [-0.3, -0.25) is 0 Å². The van der Waals surface area contributed by atoms with Crippen LogP contribution in [0.3, 0.4) is 0 Å². The molecule has 1 atom stereocenters. The fraction of sp³-hybridized carbons (Fsp3) is 0.667. The third-order valence-corrected chi connectivity index (χ3v) is 1.81. The maximum absolute atomic E-state index is 9.43. The highest BCUT2D eigenvalue weighted by Crippen LogP contribution is 2.39. The molecule has 0 spiro atoms. The van der Waals surface area contributed by atoms with Crippen LogP contribution in [0.25, 0.3) is 0 Å². The van der Waals surface area contributed by atoms with Gasteiger partial charge < -0.3 is 5.11 Å². The second kappa shape index (κ2) is 2.05. The molecule has 1 saturated carbocycles. The molecular weight excluding hydrogens is 130 g/mol. The Morgan fingerprint density at radius 1 is 1.70 bits per heavy atom. The van der Waals surface area contributed by atoms with Crippen LogP contribution < -0.4 is 0 Å². The van der Waals surface area contributed by atoms with Gasteiger partial charge in [0.1, 0.15) is 11.8 Å². The average Bonchev–Trinajstić information content (AvgIpc) is 2.65.